The van der Waals surface area contributed by atoms with Gasteiger partial charge in [-0.2, -0.15) is 0 Å². The van der Waals surface area contributed by atoms with Crippen molar-refractivity contribution in [1.29, 1.82) is 0 Å². The molecule has 0 saturated heterocycles. The van der Waals surface area contributed by atoms with Gasteiger partial charge in [-0.3, -0.25) is 0 Å². The molecular formula is C37H26. The fraction of sp³-hybridized carbons (Fsp3) is 0.0811. The lowest BCUT2D eigenvalue weighted by atomic mass is 9.81. The van der Waals surface area contributed by atoms with Gasteiger partial charge in [0, 0.05) is 5.41 Å². The Morgan fingerprint density at radius 2 is 1.03 bits per heavy atom. The van der Waals surface area contributed by atoms with Gasteiger partial charge in [-0.25, -0.2) is 0 Å². The molecule has 0 bridgehead atoms. The van der Waals surface area contributed by atoms with Gasteiger partial charge in [0.05, 0.1) is 0 Å². The first-order valence-electron chi connectivity index (χ1n) is 13.1. The lowest BCUT2D eigenvalue weighted by Crippen LogP contribution is -2.14. The molecule has 8 rings (SSSR count). The first-order valence-corrected chi connectivity index (χ1v) is 13.1. The molecule has 0 saturated carbocycles. The Bertz CT molecular complexity index is 1890. The van der Waals surface area contributed by atoms with Crippen molar-refractivity contribution in [3.63, 3.8) is 0 Å². The van der Waals surface area contributed by atoms with Crippen LogP contribution in [0.2, 0.25) is 0 Å². The van der Waals surface area contributed by atoms with Crippen molar-refractivity contribution in [2.24, 2.45) is 0 Å². The van der Waals surface area contributed by atoms with Gasteiger partial charge < -0.3 is 0 Å². The highest BCUT2D eigenvalue weighted by molar-refractivity contribution is 6.19. The Balaban J connectivity index is 1.31. The van der Waals surface area contributed by atoms with E-state index < -0.39 is 0 Å². The molecule has 0 fully saturated rings. The van der Waals surface area contributed by atoms with Crippen LogP contribution in [0.25, 0.3) is 66.4 Å². The van der Waals surface area contributed by atoms with E-state index in [0.29, 0.717) is 0 Å². The fourth-order valence-corrected chi connectivity index (χ4v) is 6.79. The molecule has 0 N–H and O–H groups in total. The summed E-state index contributed by atoms with van der Waals surface area (Å²) in [5, 5.41) is 2.71. The van der Waals surface area contributed by atoms with Crippen molar-refractivity contribution in [3.8, 4) is 55.6 Å². The zero-order valence-corrected chi connectivity index (χ0v) is 21.0. The maximum atomic E-state index is 2.44. The second-order valence-electron chi connectivity index (χ2n) is 10.9. The second kappa shape index (κ2) is 7.31. The maximum Gasteiger partial charge on any atom is 0.0159 e. The Labute approximate surface area is 217 Å². The fourth-order valence-electron chi connectivity index (χ4n) is 6.79. The lowest BCUT2D eigenvalue weighted by Gasteiger charge is -2.22. The summed E-state index contributed by atoms with van der Waals surface area (Å²) in [6.45, 7) is 4.71. The van der Waals surface area contributed by atoms with Crippen LogP contribution in [0.3, 0.4) is 0 Å². The van der Waals surface area contributed by atoms with Crippen molar-refractivity contribution in [1.82, 2.24) is 0 Å². The molecule has 0 heterocycles. The Morgan fingerprint density at radius 1 is 0.378 bits per heavy atom. The number of fused-ring (bicyclic) bond motifs is 6. The predicted octanol–water partition coefficient (Wildman–Crippen LogP) is 10.1. The topological polar surface area (TPSA) is 0 Å². The quantitative estimate of drug-likeness (QED) is 0.236. The van der Waals surface area contributed by atoms with E-state index in [4.69, 9.17) is 0 Å². The van der Waals surface area contributed by atoms with Crippen LogP contribution in [0.15, 0.2) is 121 Å². The van der Waals surface area contributed by atoms with Gasteiger partial charge in [-0.1, -0.05) is 123 Å². The monoisotopic (exact) mass is 470 g/mol. The zero-order valence-electron chi connectivity index (χ0n) is 21.0. The molecule has 2 aliphatic rings. The van der Waals surface area contributed by atoms with Gasteiger partial charge in [-0.15, -0.1) is 0 Å². The average Bonchev–Trinajstić information content (AvgIpc) is 3.39. The molecule has 0 spiro atoms. The van der Waals surface area contributed by atoms with Gasteiger partial charge >= 0.3 is 0 Å². The van der Waals surface area contributed by atoms with E-state index >= 15 is 0 Å². The smallest absolute Gasteiger partial charge is 0.0159 e. The Hall–Kier alpha value is -4.42. The van der Waals surface area contributed by atoms with E-state index in [0.717, 1.165) is 0 Å². The third-order valence-corrected chi connectivity index (χ3v) is 8.64. The average molecular weight is 471 g/mol. The molecule has 174 valence electrons. The van der Waals surface area contributed by atoms with E-state index in [9.17, 15) is 0 Å². The molecule has 0 aromatic heterocycles. The number of hydrogen-bond donors (Lipinski definition) is 0. The molecule has 0 atom stereocenters. The summed E-state index contributed by atoms with van der Waals surface area (Å²) in [7, 11) is 0. The van der Waals surface area contributed by atoms with E-state index in [1.807, 2.05) is 0 Å². The molecule has 2 aliphatic carbocycles. The molecule has 0 aliphatic heterocycles. The van der Waals surface area contributed by atoms with E-state index in [1.165, 1.54) is 77.5 Å². The summed E-state index contributed by atoms with van der Waals surface area (Å²) in [6, 6.07) is 45.1. The molecule has 0 nitrogen and oxygen atoms in total. The first kappa shape index (κ1) is 20.7. The Kier molecular flexibility index (Phi) is 4.10. The van der Waals surface area contributed by atoms with Crippen molar-refractivity contribution < 1.29 is 0 Å². The van der Waals surface area contributed by atoms with Crippen LogP contribution in [0.4, 0.5) is 0 Å². The van der Waals surface area contributed by atoms with E-state index in [-0.39, 0.29) is 5.41 Å². The van der Waals surface area contributed by atoms with Crippen molar-refractivity contribution in [2.45, 2.75) is 19.3 Å². The summed E-state index contributed by atoms with van der Waals surface area (Å²) in [5.41, 5.74) is 16.1. The maximum absolute atomic E-state index is 2.44. The largest absolute Gasteiger partial charge is 0.0622 e. The molecular weight excluding hydrogens is 444 g/mol. The highest BCUT2D eigenvalue weighted by atomic mass is 14.4. The normalized spacial score (nSPS) is 13.9. The molecule has 6 aromatic carbocycles. The molecule has 0 unspecified atom stereocenters. The molecule has 0 heteroatoms. The summed E-state index contributed by atoms with van der Waals surface area (Å²) in [6.07, 6.45) is 0. The SMILES string of the molecule is CC1(C)c2ccccc2-c2ccc(-c3ccc4c5c(cccc35)-c3cc(-c5ccccc5)ccc3-4)cc21. The van der Waals surface area contributed by atoms with E-state index in [1.54, 1.807) is 0 Å². The van der Waals surface area contributed by atoms with Gasteiger partial charge in [0.15, 0.2) is 0 Å². The van der Waals surface area contributed by atoms with Crippen molar-refractivity contribution in [3.05, 3.63) is 132 Å². The van der Waals surface area contributed by atoms with Crippen molar-refractivity contribution >= 4 is 10.8 Å². The summed E-state index contributed by atoms with van der Waals surface area (Å²) >= 11 is 0. The predicted molar refractivity (Wildman–Crippen MR) is 157 cm³/mol. The lowest BCUT2D eigenvalue weighted by molar-refractivity contribution is 0.660. The van der Waals surface area contributed by atoms with Gasteiger partial charge in [0.1, 0.15) is 0 Å². The van der Waals surface area contributed by atoms with Crippen LogP contribution in [0.5, 0.6) is 0 Å². The number of rotatable bonds is 2. The van der Waals surface area contributed by atoms with Crippen LogP contribution < -0.4 is 0 Å². The highest BCUT2D eigenvalue weighted by Gasteiger charge is 2.35. The third kappa shape index (κ3) is 2.79. The van der Waals surface area contributed by atoms with Crippen LogP contribution in [0.1, 0.15) is 25.0 Å². The second-order valence-corrected chi connectivity index (χ2v) is 10.9. The molecule has 0 amide bonds. The molecule has 0 radical (unpaired) electrons. The summed E-state index contributed by atoms with van der Waals surface area (Å²) in [4.78, 5) is 0. The number of hydrogen-bond acceptors (Lipinski definition) is 0. The molecule has 37 heavy (non-hydrogen) atoms. The number of benzene rings is 6. The third-order valence-electron chi connectivity index (χ3n) is 8.64. The highest BCUT2D eigenvalue weighted by Crippen LogP contribution is 2.52. The first-order chi connectivity index (χ1) is 18.1. The summed E-state index contributed by atoms with van der Waals surface area (Å²) < 4.78 is 0. The zero-order chi connectivity index (χ0) is 24.7. The van der Waals surface area contributed by atoms with Gasteiger partial charge in [0.2, 0.25) is 0 Å². The standard InChI is InChI=1S/C37H26/c1-37(2)34-14-7-6-11-28(34)29-18-16-25(22-35(29)37)26-19-20-32-27-17-15-24(23-9-4-3-5-10-23)21-33(27)31-13-8-12-30(26)36(31)32/h3-22H,1-2H3. The van der Waals surface area contributed by atoms with Crippen LogP contribution in [0, 0.1) is 0 Å². The van der Waals surface area contributed by atoms with Crippen LogP contribution in [-0.4, -0.2) is 0 Å². The molecule has 6 aromatic rings. The van der Waals surface area contributed by atoms with Gasteiger partial charge in [0.25, 0.3) is 0 Å². The van der Waals surface area contributed by atoms with Gasteiger partial charge in [-0.05, 0) is 89.7 Å². The van der Waals surface area contributed by atoms with Crippen LogP contribution in [-0.2, 0) is 5.41 Å². The minimum Gasteiger partial charge on any atom is -0.0622 e. The minimum absolute atomic E-state index is 0.000867. The Morgan fingerprint density at radius 3 is 1.92 bits per heavy atom. The minimum atomic E-state index is 0.000867. The summed E-state index contributed by atoms with van der Waals surface area (Å²) in [5.74, 6) is 0. The van der Waals surface area contributed by atoms with E-state index in [2.05, 4.69) is 135 Å². The van der Waals surface area contributed by atoms with Crippen molar-refractivity contribution in [2.75, 3.05) is 0 Å². The van der Waals surface area contributed by atoms with Crippen LogP contribution >= 0.6 is 0 Å².